The molecule has 0 saturated carbocycles. The summed E-state index contributed by atoms with van der Waals surface area (Å²) in [5.41, 5.74) is 6.04. The van der Waals surface area contributed by atoms with Gasteiger partial charge in [0.15, 0.2) is 10.9 Å². The van der Waals surface area contributed by atoms with Crippen molar-refractivity contribution < 1.29 is 23.4 Å². The molecule has 6 aromatic rings. The normalized spacial score (nSPS) is 11.1. The van der Waals surface area contributed by atoms with Crippen LogP contribution in [0.2, 0.25) is 0 Å². The fraction of sp³-hybridized carbons (Fsp3) is 0.189. The molecule has 6 rings (SSSR count). The van der Waals surface area contributed by atoms with E-state index in [2.05, 4.69) is 71.4 Å². The molecule has 0 bridgehead atoms. The predicted molar refractivity (Wildman–Crippen MR) is 182 cm³/mol. The second-order valence-electron chi connectivity index (χ2n) is 10.6. The zero-order valence-electron chi connectivity index (χ0n) is 25.8. The first-order valence-corrected chi connectivity index (χ1v) is 15.9. The summed E-state index contributed by atoms with van der Waals surface area (Å²) in [5.74, 6) is 3.07. The van der Waals surface area contributed by atoms with Crippen molar-refractivity contribution in [1.82, 2.24) is 9.66 Å². The van der Waals surface area contributed by atoms with Crippen LogP contribution in [-0.4, -0.2) is 36.5 Å². The van der Waals surface area contributed by atoms with Crippen LogP contribution in [0.3, 0.4) is 0 Å². The molecular formula is C37H35N3O5S. The van der Waals surface area contributed by atoms with Gasteiger partial charge >= 0.3 is 0 Å². The summed E-state index contributed by atoms with van der Waals surface area (Å²) in [6.45, 7) is 4.46. The number of nitrogens with zero attached hydrogens (tertiary/aromatic N) is 3. The monoisotopic (exact) mass is 633 g/mol. The van der Waals surface area contributed by atoms with Crippen molar-refractivity contribution in [3.8, 4) is 28.7 Å². The fourth-order valence-electron chi connectivity index (χ4n) is 5.14. The molecule has 0 aliphatic rings. The van der Waals surface area contributed by atoms with Crippen LogP contribution in [-0.2, 0) is 30.8 Å². The van der Waals surface area contributed by atoms with Gasteiger partial charge in [-0.1, -0.05) is 78.5 Å². The van der Waals surface area contributed by atoms with E-state index in [1.54, 1.807) is 25.1 Å². The number of aryl methyl sites for hydroxylation is 2. The zero-order chi connectivity index (χ0) is 31.7. The van der Waals surface area contributed by atoms with E-state index in [1.807, 2.05) is 42.5 Å². The standard InChI is InChI=1S/C37H35N3O5S/c1-38-40-22-33(39-37(40)46-25-41-2)36-21-32-34(19-31(42-3)20-35(32)45-36)44-23-27-12-9-15-30(18-27)43-24-29-14-8-7-13-28(29)17-16-26-10-5-4-6-11-26/h4-15,18-22H,1,16-17,23-25H2,2-3H3. The SMILES string of the molecule is C=Nn1cc(-c2cc3c(OCc4cccc(OCc5ccccc5CCc5ccccc5)c4)cc(OC)cc3o2)nc1SCOC. The number of methoxy groups -OCH3 is 2. The zero-order valence-corrected chi connectivity index (χ0v) is 26.7. The molecule has 0 aliphatic heterocycles. The van der Waals surface area contributed by atoms with Gasteiger partial charge in [0.2, 0.25) is 0 Å². The molecule has 46 heavy (non-hydrogen) atoms. The van der Waals surface area contributed by atoms with Gasteiger partial charge in [-0.05, 0) is 53.3 Å². The maximum absolute atomic E-state index is 6.34. The highest BCUT2D eigenvalue weighted by Gasteiger charge is 2.17. The van der Waals surface area contributed by atoms with Crippen LogP contribution in [0, 0.1) is 0 Å². The van der Waals surface area contributed by atoms with E-state index in [-0.39, 0.29) is 0 Å². The average molecular weight is 634 g/mol. The van der Waals surface area contributed by atoms with Crippen molar-refractivity contribution in [2.45, 2.75) is 31.2 Å². The summed E-state index contributed by atoms with van der Waals surface area (Å²) >= 11 is 1.41. The molecule has 234 valence electrons. The van der Waals surface area contributed by atoms with Crippen LogP contribution >= 0.6 is 11.8 Å². The van der Waals surface area contributed by atoms with E-state index in [9.17, 15) is 0 Å². The Bertz CT molecular complexity index is 1920. The number of fused-ring (bicyclic) bond motifs is 1. The molecule has 0 unspecified atom stereocenters. The maximum Gasteiger partial charge on any atom is 0.191 e. The molecule has 0 spiro atoms. The lowest BCUT2D eigenvalue weighted by molar-refractivity contribution is 0.258. The van der Waals surface area contributed by atoms with Gasteiger partial charge in [0, 0.05) is 26.0 Å². The first kappa shape index (κ1) is 31.0. The average Bonchev–Trinajstić information content (AvgIpc) is 3.73. The molecule has 0 aliphatic carbocycles. The second kappa shape index (κ2) is 14.9. The van der Waals surface area contributed by atoms with Gasteiger partial charge in [0.05, 0.1) is 24.6 Å². The summed E-state index contributed by atoms with van der Waals surface area (Å²) in [4.78, 5) is 4.66. The van der Waals surface area contributed by atoms with Crippen molar-refractivity contribution in [3.63, 3.8) is 0 Å². The van der Waals surface area contributed by atoms with E-state index in [4.69, 9.17) is 23.4 Å². The first-order chi connectivity index (χ1) is 22.6. The molecule has 0 radical (unpaired) electrons. The van der Waals surface area contributed by atoms with Crippen LogP contribution in [0.4, 0.5) is 0 Å². The van der Waals surface area contributed by atoms with E-state index in [0.29, 0.717) is 52.8 Å². The lowest BCUT2D eigenvalue weighted by Gasteiger charge is -2.13. The molecule has 0 saturated heterocycles. The molecule has 4 aromatic carbocycles. The Morgan fingerprint density at radius 1 is 0.804 bits per heavy atom. The van der Waals surface area contributed by atoms with E-state index in [1.165, 1.54) is 28.5 Å². The van der Waals surface area contributed by atoms with Crippen LogP contribution in [0.25, 0.3) is 22.4 Å². The minimum absolute atomic E-state index is 0.334. The van der Waals surface area contributed by atoms with Crippen molar-refractivity contribution in [2.75, 3.05) is 20.2 Å². The summed E-state index contributed by atoms with van der Waals surface area (Å²) in [6, 6.07) is 32.6. The minimum atomic E-state index is 0.334. The number of imidazole rings is 1. The Balaban J connectivity index is 1.15. The summed E-state index contributed by atoms with van der Waals surface area (Å²) in [6.07, 6.45) is 3.72. The Kier molecular flexibility index (Phi) is 10.0. The fourth-order valence-corrected chi connectivity index (χ4v) is 5.77. The third kappa shape index (κ3) is 7.44. The van der Waals surface area contributed by atoms with Crippen LogP contribution < -0.4 is 14.2 Å². The number of rotatable bonds is 15. The number of ether oxygens (including phenoxy) is 4. The summed E-state index contributed by atoms with van der Waals surface area (Å²) in [7, 11) is 3.25. The Hall–Kier alpha value is -4.99. The quantitative estimate of drug-likeness (QED) is 0.0638. The highest BCUT2D eigenvalue weighted by molar-refractivity contribution is 7.99. The van der Waals surface area contributed by atoms with Crippen molar-refractivity contribution in [2.24, 2.45) is 5.10 Å². The largest absolute Gasteiger partial charge is 0.496 e. The smallest absolute Gasteiger partial charge is 0.191 e. The van der Waals surface area contributed by atoms with Crippen LogP contribution in [0.5, 0.6) is 17.2 Å². The summed E-state index contributed by atoms with van der Waals surface area (Å²) in [5, 5.41) is 5.48. The summed E-state index contributed by atoms with van der Waals surface area (Å²) < 4.78 is 31.1. The van der Waals surface area contributed by atoms with Gasteiger partial charge in [0.1, 0.15) is 41.7 Å². The van der Waals surface area contributed by atoms with Crippen molar-refractivity contribution in [3.05, 3.63) is 126 Å². The van der Waals surface area contributed by atoms with Crippen LogP contribution in [0.15, 0.2) is 118 Å². The van der Waals surface area contributed by atoms with Gasteiger partial charge in [-0.15, -0.1) is 0 Å². The Morgan fingerprint density at radius 2 is 1.61 bits per heavy atom. The van der Waals surface area contributed by atoms with E-state index >= 15 is 0 Å². The van der Waals surface area contributed by atoms with Gasteiger partial charge in [0.25, 0.3) is 0 Å². The molecule has 8 nitrogen and oxygen atoms in total. The lowest BCUT2D eigenvalue weighted by atomic mass is 10.0. The second-order valence-corrected chi connectivity index (χ2v) is 11.5. The molecule has 2 heterocycles. The van der Waals surface area contributed by atoms with E-state index < -0.39 is 0 Å². The van der Waals surface area contributed by atoms with Crippen molar-refractivity contribution >= 4 is 29.4 Å². The first-order valence-electron chi connectivity index (χ1n) is 14.9. The molecule has 0 N–H and O–H groups in total. The highest BCUT2D eigenvalue weighted by Crippen LogP contribution is 2.37. The number of thioether (sulfide) groups is 1. The topological polar surface area (TPSA) is 80.2 Å². The van der Waals surface area contributed by atoms with Crippen molar-refractivity contribution in [1.29, 1.82) is 0 Å². The highest BCUT2D eigenvalue weighted by atomic mass is 32.2. The molecule has 0 fully saturated rings. The van der Waals surface area contributed by atoms with E-state index in [0.717, 1.165) is 29.5 Å². The Labute approximate surface area is 272 Å². The number of benzene rings is 4. The van der Waals surface area contributed by atoms with Gasteiger partial charge in [-0.2, -0.15) is 5.10 Å². The molecule has 0 atom stereocenters. The molecular weight excluding hydrogens is 598 g/mol. The lowest BCUT2D eigenvalue weighted by Crippen LogP contribution is -2.02. The predicted octanol–water partition coefficient (Wildman–Crippen LogP) is 8.41. The van der Waals surface area contributed by atoms with Gasteiger partial charge in [-0.25, -0.2) is 9.66 Å². The Morgan fingerprint density at radius 3 is 2.41 bits per heavy atom. The molecule has 0 amide bonds. The number of hydrogen-bond donors (Lipinski definition) is 0. The molecule has 9 heteroatoms. The third-order valence-corrected chi connectivity index (χ3v) is 8.40. The van der Waals surface area contributed by atoms with Gasteiger partial charge < -0.3 is 23.4 Å². The maximum atomic E-state index is 6.34. The van der Waals surface area contributed by atoms with Gasteiger partial charge in [-0.3, -0.25) is 0 Å². The molecule has 2 aromatic heterocycles. The minimum Gasteiger partial charge on any atom is -0.496 e. The number of hydrogen-bond acceptors (Lipinski definition) is 8. The number of aromatic nitrogens is 2. The van der Waals surface area contributed by atoms with Crippen LogP contribution in [0.1, 0.15) is 22.3 Å². The third-order valence-electron chi connectivity index (χ3n) is 7.51. The number of furan rings is 1.